The molecule has 0 saturated heterocycles. The summed E-state index contributed by atoms with van der Waals surface area (Å²) in [5.74, 6) is 0. The van der Waals surface area contributed by atoms with Crippen molar-refractivity contribution in [1.82, 2.24) is 0 Å². The smallest absolute Gasteiger partial charge is 0.309 e. The first-order valence-corrected chi connectivity index (χ1v) is 15.0. The normalized spacial score (nSPS) is 13.8. The predicted molar refractivity (Wildman–Crippen MR) is 121 cm³/mol. The van der Waals surface area contributed by atoms with E-state index in [-0.39, 0.29) is 4.57 Å². The minimum atomic E-state index is -3.04. The van der Waals surface area contributed by atoms with E-state index in [0.717, 1.165) is 38.5 Å². The van der Waals surface area contributed by atoms with Gasteiger partial charge in [-0.3, -0.25) is 9.13 Å². The highest BCUT2D eigenvalue weighted by Gasteiger charge is 2.32. The van der Waals surface area contributed by atoms with E-state index in [0.29, 0.717) is 32.6 Å². The van der Waals surface area contributed by atoms with E-state index in [1.54, 1.807) is 0 Å². The highest BCUT2D eigenvalue weighted by molar-refractivity contribution is 9.10. The van der Waals surface area contributed by atoms with Crippen LogP contribution < -0.4 is 0 Å². The molecule has 170 valence electrons. The Hall–Kier alpha value is 0.780. The van der Waals surface area contributed by atoms with E-state index in [1.807, 2.05) is 27.7 Å². The molecule has 0 aliphatic carbocycles. The molecular weight excluding hydrogens is 466 g/mol. The van der Waals surface area contributed by atoms with Gasteiger partial charge in [0.05, 0.1) is 32.6 Å². The minimum absolute atomic E-state index is 0.230. The highest BCUT2D eigenvalue weighted by Crippen LogP contribution is 2.57. The van der Waals surface area contributed by atoms with Gasteiger partial charge in [0.15, 0.2) is 0 Å². The third-order valence-electron chi connectivity index (χ3n) is 4.24. The molecule has 0 rings (SSSR count). The Morgan fingerprint density at radius 1 is 0.643 bits per heavy atom. The molecule has 9 heteroatoms. The van der Waals surface area contributed by atoms with Crippen LogP contribution >= 0.6 is 31.1 Å². The van der Waals surface area contributed by atoms with Gasteiger partial charge in [-0.1, -0.05) is 60.9 Å². The zero-order valence-corrected chi connectivity index (χ0v) is 21.6. The molecule has 0 fully saturated rings. The maximum Gasteiger partial charge on any atom is 0.344 e. The van der Waals surface area contributed by atoms with Gasteiger partial charge in [0, 0.05) is 0 Å². The molecule has 0 heterocycles. The van der Waals surface area contributed by atoms with Crippen molar-refractivity contribution in [2.45, 2.75) is 90.1 Å². The Morgan fingerprint density at radius 3 is 1.46 bits per heavy atom. The molecule has 0 amide bonds. The first-order chi connectivity index (χ1) is 13.4. The van der Waals surface area contributed by atoms with E-state index in [4.69, 9.17) is 18.1 Å². The first-order valence-electron chi connectivity index (χ1n) is 10.8. The van der Waals surface area contributed by atoms with Gasteiger partial charge in [0.2, 0.25) is 0 Å². The number of unbranched alkanes of at least 4 members (excludes halogenated alkanes) is 7. The lowest BCUT2D eigenvalue weighted by Crippen LogP contribution is -2.07. The average molecular weight is 507 g/mol. The van der Waals surface area contributed by atoms with Crippen LogP contribution in [0.15, 0.2) is 0 Å². The summed E-state index contributed by atoms with van der Waals surface area (Å²) in [5, 5.41) is 0. The van der Waals surface area contributed by atoms with Crippen molar-refractivity contribution in [2.24, 2.45) is 0 Å². The Morgan fingerprint density at radius 2 is 1.04 bits per heavy atom. The molecule has 0 aromatic carbocycles. The summed E-state index contributed by atoms with van der Waals surface area (Å²) in [6.07, 6.45) is 10.1. The van der Waals surface area contributed by atoms with Crippen molar-refractivity contribution >= 4 is 31.1 Å². The quantitative estimate of drug-likeness (QED) is 0.0953. The molecule has 0 spiro atoms. The molecule has 0 aromatic rings. The molecule has 6 nitrogen and oxygen atoms in total. The predicted octanol–water partition coefficient (Wildman–Crippen LogP) is 7.75. The third-order valence-corrected chi connectivity index (χ3v) is 10.5. The number of rotatable bonds is 20. The second kappa shape index (κ2) is 17.5. The zero-order chi connectivity index (χ0) is 21.3. The van der Waals surface area contributed by atoms with E-state index in [2.05, 4.69) is 15.9 Å². The Labute approximate surface area is 181 Å². The van der Waals surface area contributed by atoms with E-state index >= 15 is 0 Å². The van der Waals surface area contributed by atoms with Crippen molar-refractivity contribution in [3.05, 3.63) is 0 Å². The summed E-state index contributed by atoms with van der Waals surface area (Å²) in [4.78, 5) is 0. The Balaban J connectivity index is 3.76. The molecule has 0 aliphatic rings. The molecule has 0 bridgehead atoms. The van der Waals surface area contributed by atoms with Crippen molar-refractivity contribution in [2.75, 3.05) is 32.6 Å². The average Bonchev–Trinajstić information content (AvgIpc) is 2.63. The van der Waals surface area contributed by atoms with E-state index < -0.39 is 15.2 Å². The van der Waals surface area contributed by atoms with Crippen molar-refractivity contribution in [3.63, 3.8) is 0 Å². The summed E-state index contributed by atoms with van der Waals surface area (Å²) in [6.45, 7) is 8.99. The molecule has 0 N–H and O–H groups in total. The van der Waals surface area contributed by atoms with E-state index in [1.165, 1.54) is 19.3 Å². The molecule has 28 heavy (non-hydrogen) atoms. The van der Waals surface area contributed by atoms with Gasteiger partial charge in [-0.05, 0) is 40.5 Å². The van der Waals surface area contributed by atoms with Crippen LogP contribution in [0.2, 0.25) is 0 Å². The summed E-state index contributed by atoms with van der Waals surface area (Å²) < 4.78 is 46.1. The van der Waals surface area contributed by atoms with Crippen molar-refractivity contribution in [3.8, 4) is 0 Å². The van der Waals surface area contributed by atoms with Gasteiger partial charge in [0.25, 0.3) is 0 Å². The first kappa shape index (κ1) is 28.8. The Bertz CT molecular complexity index is 444. The standard InChI is InChI=1S/C19H41BrO6P2/c1-5-23-27(21,24-6-2)18-16-14-12-10-9-11-13-15-17-19(20)28(22,25-7-3)26-8-4/h19H,5-18H2,1-4H3. The van der Waals surface area contributed by atoms with Crippen LogP contribution in [-0.4, -0.2) is 37.2 Å². The SMILES string of the molecule is CCOP(=O)(CCCCCCCCCCC(Br)P(=O)(OCC)OCC)OCC. The largest absolute Gasteiger partial charge is 0.344 e. The van der Waals surface area contributed by atoms with Crippen LogP contribution in [0.3, 0.4) is 0 Å². The monoisotopic (exact) mass is 506 g/mol. The number of alkyl halides is 1. The second-order valence-corrected chi connectivity index (χ2v) is 12.8. The van der Waals surface area contributed by atoms with E-state index in [9.17, 15) is 9.13 Å². The van der Waals surface area contributed by atoms with Crippen LogP contribution in [0, 0.1) is 0 Å². The molecule has 0 aromatic heterocycles. The molecule has 1 unspecified atom stereocenters. The minimum Gasteiger partial charge on any atom is -0.309 e. The Kier molecular flexibility index (Phi) is 17.9. The lowest BCUT2D eigenvalue weighted by Gasteiger charge is -2.21. The van der Waals surface area contributed by atoms with Gasteiger partial charge < -0.3 is 18.1 Å². The molecule has 0 saturated carbocycles. The maximum atomic E-state index is 12.6. The number of hydrogen-bond acceptors (Lipinski definition) is 6. The zero-order valence-electron chi connectivity index (χ0n) is 18.2. The molecular formula is C19H41BrO6P2. The summed E-state index contributed by atoms with van der Waals surface area (Å²) >= 11 is 3.50. The van der Waals surface area contributed by atoms with Gasteiger partial charge in [0.1, 0.15) is 4.57 Å². The number of halogens is 1. The summed E-state index contributed by atoms with van der Waals surface area (Å²) in [5.41, 5.74) is 0. The maximum absolute atomic E-state index is 12.6. The summed E-state index contributed by atoms with van der Waals surface area (Å²) in [7, 11) is -5.91. The van der Waals surface area contributed by atoms with Crippen LogP contribution in [0.4, 0.5) is 0 Å². The van der Waals surface area contributed by atoms with Crippen LogP contribution in [0.5, 0.6) is 0 Å². The molecule has 1 atom stereocenters. The van der Waals surface area contributed by atoms with Crippen LogP contribution in [0.1, 0.15) is 85.5 Å². The second-order valence-electron chi connectivity index (χ2n) is 6.60. The van der Waals surface area contributed by atoms with Crippen molar-refractivity contribution < 1.29 is 27.2 Å². The van der Waals surface area contributed by atoms with Crippen molar-refractivity contribution in [1.29, 1.82) is 0 Å². The van der Waals surface area contributed by atoms with Gasteiger partial charge in [-0.15, -0.1) is 0 Å². The highest BCUT2D eigenvalue weighted by atomic mass is 79.9. The lowest BCUT2D eigenvalue weighted by atomic mass is 10.1. The summed E-state index contributed by atoms with van der Waals surface area (Å²) in [6, 6.07) is 0. The fourth-order valence-corrected chi connectivity index (χ4v) is 7.34. The van der Waals surface area contributed by atoms with Gasteiger partial charge in [-0.25, -0.2) is 0 Å². The molecule has 0 aliphatic heterocycles. The lowest BCUT2D eigenvalue weighted by molar-refractivity contribution is 0.217. The van der Waals surface area contributed by atoms with Gasteiger partial charge in [-0.2, -0.15) is 0 Å². The third kappa shape index (κ3) is 13.2. The fraction of sp³-hybridized carbons (Fsp3) is 1.00. The fourth-order valence-electron chi connectivity index (χ4n) is 2.96. The molecule has 0 radical (unpaired) electrons. The van der Waals surface area contributed by atoms with Crippen LogP contribution in [0.25, 0.3) is 0 Å². The topological polar surface area (TPSA) is 71.1 Å². The van der Waals surface area contributed by atoms with Gasteiger partial charge >= 0.3 is 15.2 Å². The number of hydrogen-bond donors (Lipinski definition) is 0. The van der Waals surface area contributed by atoms with Crippen LogP contribution in [-0.2, 0) is 27.2 Å².